The van der Waals surface area contributed by atoms with E-state index in [0.29, 0.717) is 31.0 Å². The number of benzene rings is 1. The van der Waals surface area contributed by atoms with Crippen molar-refractivity contribution in [1.82, 2.24) is 10.2 Å². The van der Waals surface area contributed by atoms with Crippen molar-refractivity contribution >= 4 is 9.84 Å². The Hall–Kier alpha value is -1.69. The molecule has 0 N–H and O–H groups in total. The van der Waals surface area contributed by atoms with Gasteiger partial charge in [-0.15, -0.1) is 10.2 Å². The van der Waals surface area contributed by atoms with Crippen LogP contribution in [0.4, 0.5) is 0 Å². The molecular formula is C15H20N2O3S. The average molecular weight is 308 g/mol. The third-order valence-corrected chi connectivity index (χ3v) is 5.00. The molecule has 6 heteroatoms. The van der Waals surface area contributed by atoms with Gasteiger partial charge in [0.2, 0.25) is 11.8 Å². The molecule has 0 unspecified atom stereocenters. The van der Waals surface area contributed by atoms with Crippen molar-refractivity contribution in [2.75, 3.05) is 11.5 Å². The number of rotatable bonds is 8. The molecule has 0 amide bonds. The first-order valence-electron chi connectivity index (χ1n) is 7.08. The fourth-order valence-electron chi connectivity index (χ4n) is 2.12. The van der Waals surface area contributed by atoms with Gasteiger partial charge in [-0.3, -0.25) is 0 Å². The van der Waals surface area contributed by atoms with E-state index in [1.54, 1.807) is 6.92 Å². The fourth-order valence-corrected chi connectivity index (χ4v) is 3.50. The van der Waals surface area contributed by atoms with Crippen LogP contribution in [-0.2, 0) is 22.7 Å². The molecule has 2 rings (SSSR count). The molecule has 1 aromatic carbocycles. The zero-order chi connectivity index (χ0) is 15.1. The quantitative estimate of drug-likeness (QED) is 0.748. The molecule has 5 nitrogen and oxygen atoms in total. The second-order valence-corrected chi connectivity index (χ2v) is 7.36. The normalized spacial score (nSPS) is 11.7. The van der Waals surface area contributed by atoms with E-state index in [4.69, 9.17) is 4.42 Å². The van der Waals surface area contributed by atoms with Gasteiger partial charge in [-0.25, -0.2) is 8.42 Å². The Balaban J connectivity index is 1.69. The summed E-state index contributed by atoms with van der Waals surface area (Å²) in [5.74, 6) is 1.41. The maximum Gasteiger partial charge on any atom is 0.216 e. The second kappa shape index (κ2) is 7.36. The lowest BCUT2D eigenvalue weighted by Gasteiger charge is -2.04. The van der Waals surface area contributed by atoms with Crippen LogP contribution in [0.5, 0.6) is 0 Å². The van der Waals surface area contributed by atoms with E-state index in [2.05, 4.69) is 10.2 Å². The summed E-state index contributed by atoms with van der Waals surface area (Å²) in [6.45, 7) is 1.72. The van der Waals surface area contributed by atoms with Gasteiger partial charge in [0.25, 0.3) is 0 Å². The van der Waals surface area contributed by atoms with E-state index in [0.717, 1.165) is 6.42 Å². The van der Waals surface area contributed by atoms with Crippen LogP contribution in [-0.4, -0.2) is 30.1 Å². The van der Waals surface area contributed by atoms with Crippen LogP contribution in [0.3, 0.4) is 0 Å². The average Bonchev–Trinajstić information content (AvgIpc) is 2.85. The Labute approximate surface area is 125 Å². The molecule has 114 valence electrons. The zero-order valence-electron chi connectivity index (χ0n) is 12.2. The molecule has 0 bridgehead atoms. The third-order valence-electron chi connectivity index (χ3n) is 3.18. The maximum absolute atomic E-state index is 11.9. The van der Waals surface area contributed by atoms with Gasteiger partial charge in [-0.1, -0.05) is 30.3 Å². The number of aryl methyl sites for hydroxylation is 3. The van der Waals surface area contributed by atoms with E-state index in [9.17, 15) is 8.42 Å². The summed E-state index contributed by atoms with van der Waals surface area (Å²) in [6, 6.07) is 9.93. The van der Waals surface area contributed by atoms with Gasteiger partial charge in [0.05, 0.1) is 11.5 Å². The molecule has 1 heterocycles. The zero-order valence-corrected chi connectivity index (χ0v) is 13.0. The topological polar surface area (TPSA) is 73.1 Å². The minimum atomic E-state index is -3.00. The first kappa shape index (κ1) is 15.7. The molecule has 0 atom stereocenters. The van der Waals surface area contributed by atoms with Gasteiger partial charge in [-0.2, -0.15) is 0 Å². The molecule has 0 aliphatic rings. The maximum atomic E-state index is 11.9. The lowest BCUT2D eigenvalue weighted by atomic mass is 10.1. The van der Waals surface area contributed by atoms with E-state index in [1.165, 1.54) is 5.56 Å². The standard InChI is InChI=1S/C15H20N2O3S/c1-13-16-17-15(20-13)10-6-12-21(18,19)11-5-9-14-7-3-2-4-8-14/h2-4,7-8H,5-6,9-12H2,1H3. The van der Waals surface area contributed by atoms with Gasteiger partial charge in [0.15, 0.2) is 0 Å². The van der Waals surface area contributed by atoms with Gasteiger partial charge in [0, 0.05) is 13.3 Å². The lowest BCUT2D eigenvalue weighted by molar-refractivity contribution is 0.465. The molecular weight excluding hydrogens is 288 g/mol. The number of sulfone groups is 1. The molecule has 2 aromatic rings. The first-order chi connectivity index (χ1) is 10.1. The number of hydrogen-bond donors (Lipinski definition) is 0. The van der Waals surface area contributed by atoms with Gasteiger partial charge in [-0.05, 0) is 24.8 Å². The summed E-state index contributed by atoms with van der Waals surface area (Å²) >= 11 is 0. The van der Waals surface area contributed by atoms with Gasteiger partial charge < -0.3 is 4.42 Å². The van der Waals surface area contributed by atoms with E-state index in [-0.39, 0.29) is 11.5 Å². The van der Waals surface area contributed by atoms with Crippen LogP contribution >= 0.6 is 0 Å². The van der Waals surface area contributed by atoms with Crippen LogP contribution in [0.1, 0.15) is 30.2 Å². The monoisotopic (exact) mass is 308 g/mol. The van der Waals surface area contributed by atoms with Gasteiger partial charge in [0.1, 0.15) is 9.84 Å². The Kier molecular flexibility index (Phi) is 5.50. The molecule has 0 radical (unpaired) electrons. The molecule has 0 aliphatic heterocycles. The molecule has 21 heavy (non-hydrogen) atoms. The van der Waals surface area contributed by atoms with E-state index < -0.39 is 9.84 Å². The highest BCUT2D eigenvalue weighted by Gasteiger charge is 2.12. The molecule has 0 saturated carbocycles. The Bertz CT molecular complexity index is 651. The van der Waals surface area contributed by atoms with Crippen molar-refractivity contribution in [3.8, 4) is 0 Å². The Morgan fingerprint density at radius 3 is 2.29 bits per heavy atom. The molecule has 0 saturated heterocycles. The second-order valence-electron chi connectivity index (χ2n) is 5.06. The predicted octanol–water partition coefficient (Wildman–Crippen LogP) is 2.36. The van der Waals surface area contributed by atoms with Crippen molar-refractivity contribution in [2.45, 2.75) is 32.6 Å². The van der Waals surface area contributed by atoms with Crippen LogP contribution in [0, 0.1) is 6.92 Å². The molecule has 0 fully saturated rings. The summed E-state index contributed by atoms with van der Waals surface area (Å²) in [5.41, 5.74) is 1.18. The van der Waals surface area contributed by atoms with Crippen molar-refractivity contribution in [1.29, 1.82) is 0 Å². The fraction of sp³-hybridized carbons (Fsp3) is 0.467. The summed E-state index contributed by atoms with van der Waals surface area (Å²) in [6.07, 6.45) is 2.49. The highest BCUT2D eigenvalue weighted by molar-refractivity contribution is 7.91. The lowest BCUT2D eigenvalue weighted by Crippen LogP contribution is -2.12. The van der Waals surface area contributed by atoms with Crippen LogP contribution in [0.25, 0.3) is 0 Å². The van der Waals surface area contributed by atoms with Gasteiger partial charge >= 0.3 is 0 Å². The largest absolute Gasteiger partial charge is 0.426 e. The number of nitrogens with zero attached hydrogens (tertiary/aromatic N) is 2. The molecule has 0 aliphatic carbocycles. The molecule has 0 spiro atoms. The van der Waals surface area contributed by atoms with Crippen LogP contribution < -0.4 is 0 Å². The SMILES string of the molecule is Cc1nnc(CCCS(=O)(=O)CCCc2ccccc2)o1. The predicted molar refractivity (Wildman–Crippen MR) is 80.8 cm³/mol. The van der Waals surface area contributed by atoms with E-state index in [1.807, 2.05) is 30.3 Å². The Morgan fingerprint density at radius 2 is 1.67 bits per heavy atom. The summed E-state index contributed by atoms with van der Waals surface area (Å²) < 4.78 is 29.1. The number of aromatic nitrogens is 2. The van der Waals surface area contributed by atoms with E-state index >= 15 is 0 Å². The minimum Gasteiger partial charge on any atom is -0.426 e. The minimum absolute atomic E-state index is 0.170. The highest BCUT2D eigenvalue weighted by atomic mass is 32.2. The third kappa shape index (κ3) is 5.67. The smallest absolute Gasteiger partial charge is 0.216 e. The number of hydrogen-bond acceptors (Lipinski definition) is 5. The van der Waals surface area contributed by atoms with Crippen molar-refractivity contribution in [3.63, 3.8) is 0 Å². The summed E-state index contributed by atoms with van der Waals surface area (Å²) in [4.78, 5) is 0. The van der Waals surface area contributed by atoms with Crippen LogP contribution in [0.2, 0.25) is 0 Å². The highest BCUT2D eigenvalue weighted by Crippen LogP contribution is 2.07. The molecule has 1 aromatic heterocycles. The van der Waals surface area contributed by atoms with Crippen molar-refractivity contribution in [2.24, 2.45) is 0 Å². The summed E-state index contributed by atoms with van der Waals surface area (Å²) in [5, 5.41) is 7.57. The van der Waals surface area contributed by atoms with Crippen molar-refractivity contribution in [3.05, 3.63) is 47.7 Å². The van der Waals surface area contributed by atoms with Crippen LogP contribution in [0.15, 0.2) is 34.7 Å². The van der Waals surface area contributed by atoms with Crippen molar-refractivity contribution < 1.29 is 12.8 Å². The Morgan fingerprint density at radius 1 is 1.00 bits per heavy atom. The first-order valence-corrected chi connectivity index (χ1v) is 8.91. The summed E-state index contributed by atoms with van der Waals surface area (Å²) in [7, 11) is -3.00.